The van der Waals surface area contributed by atoms with Gasteiger partial charge >= 0.3 is 0 Å². The maximum Gasteiger partial charge on any atom is 0.254 e. The number of nitrogens with zero attached hydrogens (tertiary/aromatic N) is 3. The lowest BCUT2D eigenvalue weighted by Gasteiger charge is -2.36. The molecule has 3 aliphatic heterocycles. The van der Waals surface area contributed by atoms with Crippen LogP contribution in [0.2, 0.25) is 0 Å². The summed E-state index contributed by atoms with van der Waals surface area (Å²) in [6.07, 6.45) is 2.44. The normalized spacial score (nSPS) is 22.3. The Morgan fingerprint density at radius 2 is 1.93 bits per heavy atom. The van der Waals surface area contributed by atoms with Gasteiger partial charge in [-0.25, -0.2) is 4.98 Å². The minimum absolute atomic E-state index is 0.0396. The lowest BCUT2D eigenvalue weighted by atomic mass is 9.94. The lowest BCUT2D eigenvalue weighted by Crippen LogP contribution is -2.44. The first kappa shape index (κ1) is 18.9. The summed E-state index contributed by atoms with van der Waals surface area (Å²) in [5.41, 5.74) is 2.27. The van der Waals surface area contributed by atoms with Crippen LogP contribution in [0.3, 0.4) is 0 Å². The Bertz CT molecular complexity index is 908. The van der Waals surface area contributed by atoms with Crippen LogP contribution >= 0.6 is 0 Å². The molecule has 1 N–H and O–H groups in total. The number of carbonyl (C=O) groups is 1. The zero-order chi connectivity index (χ0) is 19.7. The van der Waals surface area contributed by atoms with Crippen LogP contribution in [0, 0.1) is 19.8 Å². The fourth-order valence-electron chi connectivity index (χ4n) is 4.62. The Hall–Kier alpha value is -2.47. The molecular weight excluding hydrogens is 352 g/mol. The van der Waals surface area contributed by atoms with Gasteiger partial charge in [0.2, 0.25) is 5.91 Å². The fourth-order valence-corrected chi connectivity index (χ4v) is 4.62. The Morgan fingerprint density at radius 1 is 1.14 bits per heavy atom. The molecule has 0 aliphatic carbocycles. The molecule has 1 aromatic heterocycles. The molecule has 6 nitrogen and oxygen atoms in total. The average Bonchev–Trinajstić information content (AvgIpc) is 2.97. The van der Waals surface area contributed by atoms with Crippen LogP contribution in [0.15, 0.2) is 35.1 Å². The Kier molecular flexibility index (Phi) is 5.31. The molecule has 28 heavy (non-hydrogen) atoms. The highest BCUT2D eigenvalue weighted by Crippen LogP contribution is 2.29. The number of rotatable bonds is 4. The SMILES string of the molecule is Cc1nc(C)c(CC(=O)N2C[C@@H]3CC[C@H](C2)N(Cc2ccccc2)C3)c(=O)[nH]1. The smallest absolute Gasteiger partial charge is 0.254 e. The minimum atomic E-state index is -0.193. The van der Waals surface area contributed by atoms with Crippen molar-refractivity contribution in [2.24, 2.45) is 5.92 Å². The van der Waals surface area contributed by atoms with Crippen molar-refractivity contribution in [2.45, 2.75) is 45.7 Å². The largest absolute Gasteiger partial charge is 0.341 e. The molecule has 0 saturated carbocycles. The highest BCUT2D eigenvalue weighted by Gasteiger charge is 2.36. The molecule has 3 aliphatic rings. The summed E-state index contributed by atoms with van der Waals surface area (Å²) in [5, 5.41) is 0. The first-order chi connectivity index (χ1) is 13.5. The fraction of sp³-hybridized carbons (Fsp3) is 0.500. The molecule has 2 bridgehead atoms. The van der Waals surface area contributed by atoms with Gasteiger partial charge in [0.15, 0.2) is 0 Å². The van der Waals surface area contributed by atoms with Crippen molar-refractivity contribution in [3.63, 3.8) is 0 Å². The van der Waals surface area contributed by atoms with E-state index in [4.69, 9.17) is 0 Å². The summed E-state index contributed by atoms with van der Waals surface area (Å²) < 4.78 is 0. The molecule has 2 aromatic rings. The number of hydrogen-bond donors (Lipinski definition) is 1. The summed E-state index contributed by atoms with van der Waals surface area (Å²) >= 11 is 0. The number of piperidine rings is 1. The predicted molar refractivity (Wildman–Crippen MR) is 108 cm³/mol. The highest BCUT2D eigenvalue weighted by atomic mass is 16.2. The van der Waals surface area contributed by atoms with Crippen molar-refractivity contribution in [1.29, 1.82) is 0 Å². The molecule has 1 aromatic carbocycles. The van der Waals surface area contributed by atoms with Crippen molar-refractivity contribution >= 4 is 5.91 Å². The monoisotopic (exact) mass is 380 g/mol. The van der Waals surface area contributed by atoms with E-state index >= 15 is 0 Å². The number of H-pyrrole nitrogens is 1. The van der Waals surface area contributed by atoms with E-state index in [9.17, 15) is 9.59 Å². The topological polar surface area (TPSA) is 69.3 Å². The maximum absolute atomic E-state index is 13.0. The summed E-state index contributed by atoms with van der Waals surface area (Å²) in [6, 6.07) is 10.9. The third-order valence-electron chi connectivity index (χ3n) is 6.08. The number of benzene rings is 1. The highest BCUT2D eigenvalue weighted by molar-refractivity contribution is 5.79. The molecule has 3 saturated heterocycles. The molecule has 148 valence electrons. The van der Waals surface area contributed by atoms with E-state index in [0.717, 1.165) is 32.6 Å². The van der Waals surface area contributed by atoms with Gasteiger partial charge in [0.05, 0.1) is 6.42 Å². The van der Waals surface area contributed by atoms with E-state index in [-0.39, 0.29) is 17.9 Å². The van der Waals surface area contributed by atoms with Gasteiger partial charge in [-0.2, -0.15) is 0 Å². The van der Waals surface area contributed by atoms with E-state index < -0.39 is 0 Å². The number of carbonyl (C=O) groups excluding carboxylic acids is 1. The third kappa shape index (κ3) is 4.02. The van der Waals surface area contributed by atoms with Crippen molar-refractivity contribution in [1.82, 2.24) is 19.8 Å². The van der Waals surface area contributed by atoms with Gasteiger partial charge < -0.3 is 9.88 Å². The molecule has 0 spiro atoms. The summed E-state index contributed by atoms with van der Waals surface area (Å²) in [7, 11) is 0. The van der Waals surface area contributed by atoms with Crippen LogP contribution in [0.4, 0.5) is 0 Å². The van der Waals surface area contributed by atoms with Gasteiger partial charge in [0.25, 0.3) is 5.56 Å². The van der Waals surface area contributed by atoms with Crippen molar-refractivity contribution in [3.05, 3.63) is 63.3 Å². The Balaban J connectivity index is 1.47. The van der Waals surface area contributed by atoms with Crippen LogP contribution < -0.4 is 5.56 Å². The van der Waals surface area contributed by atoms with Crippen LogP contribution in [0.5, 0.6) is 0 Å². The number of aryl methyl sites for hydroxylation is 2. The molecule has 5 rings (SSSR count). The molecule has 2 atom stereocenters. The van der Waals surface area contributed by atoms with E-state index in [1.807, 2.05) is 11.0 Å². The van der Waals surface area contributed by atoms with E-state index in [2.05, 4.69) is 39.1 Å². The number of amides is 1. The van der Waals surface area contributed by atoms with Gasteiger partial charge in [-0.15, -0.1) is 0 Å². The molecule has 1 amide bonds. The standard InChI is InChI=1S/C22H28N4O2/c1-15-20(22(28)24-16(2)23-15)10-21(27)26-13-18-8-9-19(14-26)25(12-18)11-17-6-4-3-5-7-17/h3-7,18-19H,8-14H2,1-2H3,(H,23,24,28)/t18-,19-/m1/s1. The van der Waals surface area contributed by atoms with Crippen molar-refractivity contribution in [2.75, 3.05) is 19.6 Å². The van der Waals surface area contributed by atoms with Crippen LogP contribution in [-0.4, -0.2) is 51.4 Å². The molecule has 0 radical (unpaired) electrons. The molecule has 6 heteroatoms. The second kappa shape index (κ2) is 7.87. The van der Waals surface area contributed by atoms with Gasteiger partial charge in [-0.3, -0.25) is 14.5 Å². The van der Waals surface area contributed by atoms with Gasteiger partial charge in [0.1, 0.15) is 5.82 Å². The molecular formula is C22H28N4O2. The number of hydrogen-bond acceptors (Lipinski definition) is 4. The number of aromatic nitrogens is 2. The summed E-state index contributed by atoms with van der Waals surface area (Å²) in [4.78, 5) is 36.8. The van der Waals surface area contributed by atoms with Crippen molar-refractivity contribution < 1.29 is 4.79 Å². The number of nitrogens with one attached hydrogen (secondary N) is 1. The predicted octanol–water partition coefficient (Wildman–Crippen LogP) is 2.05. The van der Waals surface area contributed by atoms with Gasteiger partial charge in [-0.05, 0) is 38.2 Å². The summed E-state index contributed by atoms with van der Waals surface area (Å²) in [5.74, 6) is 1.13. The second-order valence-electron chi connectivity index (χ2n) is 8.20. The zero-order valence-corrected chi connectivity index (χ0v) is 16.6. The number of aromatic amines is 1. The zero-order valence-electron chi connectivity index (χ0n) is 16.6. The maximum atomic E-state index is 13.0. The molecule has 4 heterocycles. The van der Waals surface area contributed by atoms with E-state index in [1.165, 1.54) is 12.0 Å². The molecule has 3 fully saturated rings. The van der Waals surface area contributed by atoms with Crippen LogP contribution in [0.25, 0.3) is 0 Å². The van der Waals surface area contributed by atoms with Crippen molar-refractivity contribution in [3.8, 4) is 0 Å². The van der Waals surface area contributed by atoms with Gasteiger partial charge in [-0.1, -0.05) is 30.3 Å². The minimum Gasteiger partial charge on any atom is -0.341 e. The van der Waals surface area contributed by atoms with E-state index in [1.54, 1.807) is 13.8 Å². The quantitative estimate of drug-likeness (QED) is 0.881. The van der Waals surface area contributed by atoms with Crippen LogP contribution in [-0.2, 0) is 17.8 Å². The average molecular weight is 380 g/mol. The number of fused-ring (bicyclic) bond motifs is 4. The van der Waals surface area contributed by atoms with Crippen LogP contribution in [0.1, 0.15) is 35.5 Å². The first-order valence-corrected chi connectivity index (χ1v) is 10.1. The van der Waals surface area contributed by atoms with E-state index in [0.29, 0.717) is 29.0 Å². The third-order valence-corrected chi connectivity index (χ3v) is 6.08. The summed E-state index contributed by atoms with van der Waals surface area (Å²) in [6.45, 7) is 7.07. The van der Waals surface area contributed by atoms with Gasteiger partial charge in [0, 0.05) is 43.5 Å². The first-order valence-electron chi connectivity index (χ1n) is 10.1. The molecule has 0 unspecified atom stereocenters. The Labute approximate surface area is 165 Å². The lowest BCUT2D eigenvalue weighted by molar-refractivity contribution is -0.130. The second-order valence-corrected chi connectivity index (χ2v) is 8.20. The Morgan fingerprint density at radius 3 is 2.68 bits per heavy atom.